The smallest absolute Gasteiger partial charge is 0.277 e. The van der Waals surface area contributed by atoms with E-state index in [1.807, 2.05) is 6.07 Å². The quantitative estimate of drug-likeness (QED) is 0.859. The molecular formula is C16H14F2N2O3S2. The number of aliphatic hydroxyl groups excluding tert-OH is 1. The predicted molar refractivity (Wildman–Crippen MR) is 88.3 cm³/mol. The summed E-state index contributed by atoms with van der Waals surface area (Å²) in [5, 5.41) is 19.1. The van der Waals surface area contributed by atoms with E-state index < -0.39 is 28.3 Å². The van der Waals surface area contributed by atoms with Crippen molar-refractivity contribution in [2.24, 2.45) is 0 Å². The normalized spacial score (nSPS) is 19.3. The average molecular weight is 384 g/mol. The Morgan fingerprint density at radius 1 is 1.44 bits per heavy atom. The molecule has 3 rings (SSSR count). The molecule has 2 aromatic heterocycles. The zero-order valence-corrected chi connectivity index (χ0v) is 15.0. The van der Waals surface area contributed by atoms with Gasteiger partial charge in [0, 0.05) is 18.2 Å². The van der Waals surface area contributed by atoms with Gasteiger partial charge in [0.15, 0.2) is 9.84 Å². The minimum atomic E-state index is -3.81. The maximum atomic E-state index is 13.9. The van der Waals surface area contributed by atoms with Crippen molar-refractivity contribution in [3.8, 4) is 16.6 Å². The lowest BCUT2D eigenvalue weighted by molar-refractivity contribution is -0.122. The third-order valence-electron chi connectivity index (χ3n) is 4.05. The molecule has 2 heterocycles. The molecule has 0 aromatic carbocycles. The van der Waals surface area contributed by atoms with Gasteiger partial charge >= 0.3 is 0 Å². The maximum Gasteiger partial charge on any atom is 0.277 e. The van der Waals surface area contributed by atoms with Crippen LogP contribution in [-0.4, -0.2) is 30.7 Å². The number of halogens is 2. The third kappa shape index (κ3) is 3.05. The molecule has 0 unspecified atom stereocenters. The highest BCUT2D eigenvalue weighted by molar-refractivity contribution is 7.92. The zero-order valence-electron chi connectivity index (χ0n) is 13.4. The van der Waals surface area contributed by atoms with E-state index in [1.54, 1.807) is 19.1 Å². The largest absolute Gasteiger partial charge is 0.382 e. The second-order valence-corrected chi connectivity index (χ2v) is 9.31. The lowest BCUT2D eigenvalue weighted by atomic mass is 9.88. The van der Waals surface area contributed by atoms with Crippen LogP contribution in [0.4, 0.5) is 8.78 Å². The van der Waals surface area contributed by atoms with Crippen LogP contribution >= 0.6 is 11.3 Å². The van der Waals surface area contributed by atoms with E-state index in [-0.39, 0.29) is 21.9 Å². The van der Waals surface area contributed by atoms with Gasteiger partial charge in [-0.05, 0) is 36.6 Å². The molecular weight excluding hydrogens is 370 g/mol. The number of hydrogen-bond donors (Lipinski definition) is 1. The molecule has 2 aromatic rings. The Balaban J connectivity index is 2.32. The number of rotatable bonds is 2. The minimum absolute atomic E-state index is 0.0712. The predicted octanol–water partition coefficient (Wildman–Crippen LogP) is 3.01. The monoisotopic (exact) mass is 384 g/mol. The Morgan fingerprint density at radius 2 is 2.12 bits per heavy atom. The van der Waals surface area contributed by atoms with E-state index in [0.717, 1.165) is 23.2 Å². The molecule has 5 nitrogen and oxygen atoms in total. The first kappa shape index (κ1) is 17.9. The highest BCUT2D eigenvalue weighted by Crippen LogP contribution is 2.50. The van der Waals surface area contributed by atoms with Gasteiger partial charge in [-0.3, -0.25) is 0 Å². The van der Waals surface area contributed by atoms with E-state index in [9.17, 15) is 22.3 Å². The SMILES string of the molecule is Cc1cc(C#N)nc(-c2sc(S(C)(=O)=O)c3c2CCC(F)(F)[C@H]3O)c1. The fourth-order valence-electron chi connectivity index (χ4n) is 2.94. The summed E-state index contributed by atoms with van der Waals surface area (Å²) >= 11 is 0.815. The minimum Gasteiger partial charge on any atom is -0.382 e. The maximum absolute atomic E-state index is 13.9. The number of aliphatic hydroxyl groups is 1. The van der Waals surface area contributed by atoms with Crippen LogP contribution in [0.15, 0.2) is 16.3 Å². The van der Waals surface area contributed by atoms with Crippen molar-refractivity contribution >= 4 is 21.2 Å². The van der Waals surface area contributed by atoms with Crippen molar-refractivity contribution in [3.63, 3.8) is 0 Å². The first-order chi connectivity index (χ1) is 11.5. The van der Waals surface area contributed by atoms with Crippen LogP contribution in [0.25, 0.3) is 10.6 Å². The summed E-state index contributed by atoms with van der Waals surface area (Å²) in [5.74, 6) is -3.39. The Hall–Kier alpha value is -1.89. The Morgan fingerprint density at radius 3 is 2.72 bits per heavy atom. The standard InChI is InChI=1S/C16H14F2N2O3S2/c1-8-5-9(7-19)20-11(6-8)13-10-3-4-16(17,18)14(21)12(10)15(24-13)25(2,22)23/h5-6,14,21H,3-4H2,1-2H3/t14-/m0/s1. The highest BCUT2D eigenvalue weighted by atomic mass is 32.2. The van der Waals surface area contributed by atoms with Crippen molar-refractivity contribution in [2.75, 3.05) is 6.26 Å². The van der Waals surface area contributed by atoms with Gasteiger partial charge in [0.25, 0.3) is 5.92 Å². The number of pyridine rings is 1. The third-order valence-corrected chi connectivity index (χ3v) is 7.17. The van der Waals surface area contributed by atoms with Crippen LogP contribution in [0.2, 0.25) is 0 Å². The van der Waals surface area contributed by atoms with E-state index in [1.165, 1.54) is 0 Å². The molecule has 1 atom stereocenters. The first-order valence-electron chi connectivity index (χ1n) is 7.35. The molecule has 1 aliphatic carbocycles. The number of aryl methyl sites for hydroxylation is 1. The average Bonchev–Trinajstić information content (AvgIpc) is 2.90. The van der Waals surface area contributed by atoms with Gasteiger partial charge in [-0.2, -0.15) is 5.26 Å². The van der Waals surface area contributed by atoms with Gasteiger partial charge in [0.05, 0.1) is 10.6 Å². The number of hydrogen-bond acceptors (Lipinski definition) is 6. The van der Waals surface area contributed by atoms with Crippen LogP contribution in [0.1, 0.15) is 34.9 Å². The Labute approximate surface area is 147 Å². The molecule has 25 heavy (non-hydrogen) atoms. The fraction of sp³-hybridized carbons (Fsp3) is 0.375. The molecule has 1 aliphatic rings. The zero-order chi connectivity index (χ0) is 18.6. The topological polar surface area (TPSA) is 91.0 Å². The summed E-state index contributed by atoms with van der Waals surface area (Å²) in [6, 6.07) is 5.16. The summed E-state index contributed by atoms with van der Waals surface area (Å²) in [5.41, 5.74) is 1.38. The van der Waals surface area contributed by atoms with Crippen molar-refractivity contribution in [1.29, 1.82) is 5.26 Å². The molecule has 0 saturated heterocycles. The van der Waals surface area contributed by atoms with Crippen molar-refractivity contribution < 1.29 is 22.3 Å². The van der Waals surface area contributed by atoms with Crippen LogP contribution in [0.3, 0.4) is 0 Å². The van der Waals surface area contributed by atoms with Gasteiger partial charge in [-0.1, -0.05) is 0 Å². The second-order valence-electron chi connectivity index (χ2n) is 6.07. The lowest BCUT2D eigenvalue weighted by Gasteiger charge is -2.28. The molecule has 132 valence electrons. The number of aromatic nitrogens is 1. The fourth-order valence-corrected chi connectivity index (χ4v) is 5.51. The lowest BCUT2D eigenvalue weighted by Crippen LogP contribution is -2.32. The second kappa shape index (κ2) is 5.83. The van der Waals surface area contributed by atoms with Crippen molar-refractivity contribution in [3.05, 3.63) is 34.5 Å². The van der Waals surface area contributed by atoms with E-state index >= 15 is 0 Å². The molecule has 0 fully saturated rings. The highest BCUT2D eigenvalue weighted by Gasteiger charge is 2.47. The van der Waals surface area contributed by atoms with Crippen molar-refractivity contribution in [2.45, 2.75) is 36.0 Å². The summed E-state index contributed by atoms with van der Waals surface area (Å²) in [4.78, 5) is 4.58. The number of nitriles is 1. The summed E-state index contributed by atoms with van der Waals surface area (Å²) < 4.78 is 51.8. The summed E-state index contributed by atoms with van der Waals surface area (Å²) in [6.45, 7) is 1.76. The molecule has 0 radical (unpaired) electrons. The van der Waals surface area contributed by atoms with Gasteiger partial charge < -0.3 is 5.11 Å². The molecule has 1 N–H and O–H groups in total. The number of fused-ring (bicyclic) bond motifs is 1. The van der Waals surface area contributed by atoms with Gasteiger partial charge in [-0.15, -0.1) is 11.3 Å². The number of nitrogens with zero attached hydrogens (tertiary/aromatic N) is 2. The molecule has 0 amide bonds. The molecule has 0 aliphatic heterocycles. The molecule has 0 bridgehead atoms. The van der Waals surface area contributed by atoms with Gasteiger partial charge in [0.1, 0.15) is 22.1 Å². The van der Waals surface area contributed by atoms with Crippen molar-refractivity contribution in [1.82, 2.24) is 4.98 Å². The van der Waals surface area contributed by atoms with Crippen LogP contribution in [-0.2, 0) is 16.3 Å². The molecule has 9 heteroatoms. The van der Waals surface area contributed by atoms with Crippen LogP contribution < -0.4 is 0 Å². The van der Waals surface area contributed by atoms with Crippen LogP contribution in [0, 0.1) is 18.3 Å². The van der Waals surface area contributed by atoms with E-state index in [4.69, 9.17) is 5.26 Å². The summed E-state index contributed by atoms with van der Waals surface area (Å²) in [6.07, 6.45) is -1.90. The van der Waals surface area contributed by atoms with E-state index in [2.05, 4.69) is 4.98 Å². The Bertz CT molecular complexity index is 1010. The molecule has 0 spiro atoms. The number of alkyl halides is 2. The number of sulfone groups is 1. The van der Waals surface area contributed by atoms with Crippen LogP contribution in [0.5, 0.6) is 0 Å². The first-order valence-corrected chi connectivity index (χ1v) is 10.1. The Kier molecular flexibility index (Phi) is 4.18. The van der Waals surface area contributed by atoms with Gasteiger partial charge in [0.2, 0.25) is 0 Å². The molecule has 0 saturated carbocycles. The number of thiophene rings is 1. The summed E-state index contributed by atoms with van der Waals surface area (Å²) in [7, 11) is -3.81. The van der Waals surface area contributed by atoms with E-state index in [0.29, 0.717) is 16.1 Å². The van der Waals surface area contributed by atoms with Gasteiger partial charge in [-0.25, -0.2) is 22.2 Å².